The van der Waals surface area contributed by atoms with Crippen molar-refractivity contribution >= 4 is 11.3 Å². The summed E-state index contributed by atoms with van der Waals surface area (Å²) in [5.41, 5.74) is 6.76. The van der Waals surface area contributed by atoms with Crippen LogP contribution in [-0.2, 0) is 0 Å². The molecular formula is C12H13NO2S. The Morgan fingerprint density at radius 1 is 1.38 bits per heavy atom. The minimum atomic E-state index is -0.310. The summed E-state index contributed by atoms with van der Waals surface area (Å²) in [5.74, 6) is 0.890. The molecule has 2 aromatic rings. The van der Waals surface area contributed by atoms with Crippen molar-refractivity contribution in [2.75, 3.05) is 7.11 Å². The van der Waals surface area contributed by atoms with Crippen LogP contribution in [0.1, 0.15) is 16.5 Å². The lowest BCUT2D eigenvalue weighted by atomic mass is 10.0. The Labute approximate surface area is 98.1 Å². The zero-order valence-electron chi connectivity index (χ0n) is 8.88. The molecule has 2 rings (SSSR count). The van der Waals surface area contributed by atoms with E-state index in [-0.39, 0.29) is 11.8 Å². The van der Waals surface area contributed by atoms with E-state index in [1.165, 1.54) is 0 Å². The minimum Gasteiger partial charge on any atom is -0.508 e. The van der Waals surface area contributed by atoms with Crippen LogP contribution in [0.25, 0.3) is 0 Å². The zero-order valence-corrected chi connectivity index (χ0v) is 9.70. The molecule has 1 aromatic heterocycles. The maximum absolute atomic E-state index is 9.77. The molecule has 0 spiro atoms. The minimum absolute atomic E-state index is 0.196. The Morgan fingerprint density at radius 2 is 2.19 bits per heavy atom. The Kier molecular flexibility index (Phi) is 3.12. The standard InChI is InChI=1S/C12H13NO2S/c1-15-8-4-5-10(14)9(7-8)12(13)11-3-2-6-16-11/h2-7,12,14H,13H2,1H3/t12-/m0/s1. The molecule has 0 aliphatic carbocycles. The van der Waals surface area contributed by atoms with Crippen LogP contribution in [0.2, 0.25) is 0 Å². The van der Waals surface area contributed by atoms with E-state index in [1.54, 1.807) is 36.6 Å². The van der Waals surface area contributed by atoms with Gasteiger partial charge in [0.1, 0.15) is 11.5 Å². The largest absolute Gasteiger partial charge is 0.508 e. The van der Waals surface area contributed by atoms with Gasteiger partial charge in [-0.3, -0.25) is 0 Å². The Hall–Kier alpha value is -1.52. The highest BCUT2D eigenvalue weighted by molar-refractivity contribution is 7.10. The third kappa shape index (κ3) is 2.03. The average molecular weight is 235 g/mol. The first kappa shape index (κ1) is 11.0. The lowest BCUT2D eigenvalue weighted by molar-refractivity contribution is 0.410. The van der Waals surface area contributed by atoms with Crippen molar-refractivity contribution in [3.63, 3.8) is 0 Å². The number of ether oxygens (including phenoxy) is 1. The second-order valence-electron chi connectivity index (χ2n) is 3.42. The van der Waals surface area contributed by atoms with Crippen LogP contribution in [0, 0.1) is 0 Å². The number of phenolic OH excluding ortho intramolecular Hbond substituents is 1. The van der Waals surface area contributed by atoms with Crippen LogP contribution in [-0.4, -0.2) is 12.2 Å². The Morgan fingerprint density at radius 3 is 2.81 bits per heavy atom. The molecule has 0 radical (unpaired) electrons. The van der Waals surface area contributed by atoms with Gasteiger partial charge in [0.25, 0.3) is 0 Å². The van der Waals surface area contributed by atoms with E-state index < -0.39 is 0 Å². The van der Waals surface area contributed by atoms with Crippen molar-refractivity contribution in [2.24, 2.45) is 5.73 Å². The first-order chi connectivity index (χ1) is 7.72. The molecule has 0 aliphatic heterocycles. The molecule has 0 bridgehead atoms. The number of thiophene rings is 1. The summed E-state index contributed by atoms with van der Waals surface area (Å²) in [7, 11) is 1.59. The maximum Gasteiger partial charge on any atom is 0.120 e. The van der Waals surface area contributed by atoms with E-state index in [4.69, 9.17) is 10.5 Å². The van der Waals surface area contributed by atoms with Crippen molar-refractivity contribution < 1.29 is 9.84 Å². The second kappa shape index (κ2) is 4.55. The zero-order chi connectivity index (χ0) is 11.5. The van der Waals surface area contributed by atoms with Crippen LogP contribution in [0.3, 0.4) is 0 Å². The normalized spacial score (nSPS) is 12.4. The molecule has 0 aliphatic rings. The third-order valence-electron chi connectivity index (χ3n) is 2.42. The fourth-order valence-corrected chi connectivity index (χ4v) is 2.28. The molecule has 16 heavy (non-hydrogen) atoms. The van der Waals surface area contributed by atoms with Gasteiger partial charge in [-0.05, 0) is 29.6 Å². The number of hydrogen-bond donors (Lipinski definition) is 2. The van der Waals surface area contributed by atoms with Gasteiger partial charge in [-0.15, -0.1) is 11.3 Å². The van der Waals surface area contributed by atoms with Crippen molar-refractivity contribution in [1.82, 2.24) is 0 Å². The first-order valence-electron chi connectivity index (χ1n) is 4.88. The quantitative estimate of drug-likeness (QED) is 0.859. The summed E-state index contributed by atoms with van der Waals surface area (Å²) in [6, 6.07) is 8.65. The van der Waals surface area contributed by atoms with Gasteiger partial charge < -0.3 is 15.6 Å². The van der Waals surface area contributed by atoms with Gasteiger partial charge in [-0.25, -0.2) is 0 Å². The van der Waals surface area contributed by atoms with Gasteiger partial charge in [-0.2, -0.15) is 0 Å². The lowest BCUT2D eigenvalue weighted by Crippen LogP contribution is -2.10. The first-order valence-corrected chi connectivity index (χ1v) is 5.76. The van der Waals surface area contributed by atoms with Gasteiger partial charge in [0.05, 0.1) is 13.2 Å². The second-order valence-corrected chi connectivity index (χ2v) is 4.40. The highest BCUT2D eigenvalue weighted by Crippen LogP contribution is 2.32. The summed E-state index contributed by atoms with van der Waals surface area (Å²) in [4.78, 5) is 1.02. The molecule has 1 aromatic carbocycles. The lowest BCUT2D eigenvalue weighted by Gasteiger charge is -2.13. The number of methoxy groups -OCH3 is 1. The molecule has 1 heterocycles. The molecule has 0 amide bonds. The van der Waals surface area contributed by atoms with Crippen LogP contribution in [0.4, 0.5) is 0 Å². The molecule has 0 fully saturated rings. The van der Waals surface area contributed by atoms with Crippen molar-refractivity contribution in [2.45, 2.75) is 6.04 Å². The summed E-state index contributed by atoms with van der Waals surface area (Å²) >= 11 is 1.57. The number of phenols is 1. The van der Waals surface area contributed by atoms with Gasteiger partial charge in [-0.1, -0.05) is 6.07 Å². The smallest absolute Gasteiger partial charge is 0.120 e. The molecular weight excluding hydrogens is 222 g/mol. The van der Waals surface area contributed by atoms with Crippen LogP contribution in [0.5, 0.6) is 11.5 Å². The number of benzene rings is 1. The molecule has 3 nitrogen and oxygen atoms in total. The summed E-state index contributed by atoms with van der Waals surface area (Å²) in [5, 5.41) is 11.7. The van der Waals surface area contributed by atoms with Gasteiger partial charge >= 0.3 is 0 Å². The molecule has 0 saturated carbocycles. The van der Waals surface area contributed by atoms with Crippen molar-refractivity contribution in [3.8, 4) is 11.5 Å². The molecule has 1 atom stereocenters. The van der Waals surface area contributed by atoms with Crippen molar-refractivity contribution in [1.29, 1.82) is 0 Å². The summed E-state index contributed by atoms with van der Waals surface area (Å²) in [6.07, 6.45) is 0. The molecule has 0 saturated heterocycles. The van der Waals surface area contributed by atoms with Crippen LogP contribution in [0.15, 0.2) is 35.7 Å². The topological polar surface area (TPSA) is 55.5 Å². The van der Waals surface area contributed by atoms with Crippen molar-refractivity contribution in [3.05, 3.63) is 46.2 Å². The molecule has 84 valence electrons. The molecule has 0 unspecified atom stereocenters. The number of hydrogen-bond acceptors (Lipinski definition) is 4. The SMILES string of the molecule is COc1ccc(O)c([C@H](N)c2cccs2)c1. The molecule has 3 N–H and O–H groups in total. The van der Waals surface area contributed by atoms with E-state index in [1.807, 2.05) is 17.5 Å². The number of rotatable bonds is 3. The highest BCUT2D eigenvalue weighted by Gasteiger charge is 2.14. The highest BCUT2D eigenvalue weighted by atomic mass is 32.1. The predicted octanol–water partition coefficient (Wildman–Crippen LogP) is 2.51. The third-order valence-corrected chi connectivity index (χ3v) is 3.37. The maximum atomic E-state index is 9.77. The van der Waals surface area contributed by atoms with Crippen LogP contribution < -0.4 is 10.5 Å². The van der Waals surface area contributed by atoms with Crippen LogP contribution >= 0.6 is 11.3 Å². The fourth-order valence-electron chi connectivity index (χ4n) is 1.53. The number of nitrogens with two attached hydrogens (primary N) is 1. The van der Waals surface area contributed by atoms with Gasteiger partial charge in [0.2, 0.25) is 0 Å². The average Bonchev–Trinajstić information content (AvgIpc) is 2.82. The van der Waals surface area contributed by atoms with E-state index >= 15 is 0 Å². The van der Waals surface area contributed by atoms with E-state index in [2.05, 4.69) is 0 Å². The monoisotopic (exact) mass is 235 g/mol. The summed E-state index contributed by atoms with van der Waals surface area (Å²) in [6.45, 7) is 0. The van der Waals surface area contributed by atoms with Gasteiger partial charge in [0, 0.05) is 10.4 Å². The predicted molar refractivity (Wildman–Crippen MR) is 65.0 cm³/mol. The van der Waals surface area contributed by atoms with Gasteiger partial charge in [0.15, 0.2) is 0 Å². The van der Waals surface area contributed by atoms with E-state index in [9.17, 15) is 5.11 Å². The van der Waals surface area contributed by atoms with E-state index in [0.717, 1.165) is 4.88 Å². The fraction of sp³-hybridized carbons (Fsp3) is 0.167. The number of aromatic hydroxyl groups is 1. The summed E-state index contributed by atoms with van der Waals surface area (Å²) < 4.78 is 5.11. The van der Waals surface area contributed by atoms with E-state index in [0.29, 0.717) is 11.3 Å². The molecule has 4 heteroatoms. The Balaban J connectivity index is 2.39. The Bertz CT molecular complexity index is 468.